The van der Waals surface area contributed by atoms with Crippen LogP contribution in [0.3, 0.4) is 0 Å². The number of aliphatic carboxylic acids is 1. The lowest BCUT2D eigenvalue weighted by atomic mass is 10.1. The van der Waals surface area contributed by atoms with Crippen molar-refractivity contribution in [3.8, 4) is 0 Å². The lowest BCUT2D eigenvalue weighted by molar-refractivity contribution is -0.153. The van der Waals surface area contributed by atoms with Crippen molar-refractivity contribution in [3.05, 3.63) is 0 Å². The first-order chi connectivity index (χ1) is 7.10. The van der Waals surface area contributed by atoms with Gasteiger partial charge in [0.15, 0.2) is 0 Å². The van der Waals surface area contributed by atoms with E-state index in [0.29, 0.717) is 12.8 Å². The van der Waals surface area contributed by atoms with Crippen LogP contribution in [0.1, 0.15) is 52.4 Å². The highest BCUT2D eigenvalue weighted by Gasteiger charge is 2.16. The molecule has 0 heterocycles. The third kappa shape index (κ3) is 7.97. The molecular formula is C11H20O4. The van der Waals surface area contributed by atoms with Crippen LogP contribution >= 0.6 is 0 Å². The van der Waals surface area contributed by atoms with Crippen LogP contribution in [-0.4, -0.2) is 23.1 Å². The van der Waals surface area contributed by atoms with Crippen molar-refractivity contribution in [3.63, 3.8) is 0 Å². The van der Waals surface area contributed by atoms with E-state index in [9.17, 15) is 9.59 Å². The molecule has 0 rings (SSSR count). The van der Waals surface area contributed by atoms with Gasteiger partial charge in [0.25, 0.3) is 0 Å². The van der Waals surface area contributed by atoms with Gasteiger partial charge in [0.2, 0.25) is 0 Å². The standard InChI is InChI=1S/C11H20O4/c1-3-5-7-11(14)15-9(6-4-2)8-10(12)13/h9H,3-8H2,1-2H3,(H,12,13). The molecule has 4 heteroatoms. The Morgan fingerprint density at radius 2 is 1.93 bits per heavy atom. The number of carboxylic acids is 1. The minimum atomic E-state index is -0.920. The van der Waals surface area contributed by atoms with Crippen molar-refractivity contribution < 1.29 is 19.4 Å². The molecular weight excluding hydrogens is 196 g/mol. The molecule has 0 aromatic carbocycles. The van der Waals surface area contributed by atoms with Crippen LogP contribution in [-0.2, 0) is 14.3 Å². The maximum atomic E-state index is 11.3. The molecule has 1 unspecified atom stereocenters. The highest BCUT2D eigenvalue weighted by atomic mass is 16.5. The third-order valence-electron chi connectivity index (χ3n) is 2.05. The maximum Gasteiger partial charge on any atom is 0.307 e. The summed E-state index contributed by atoms with van der Waals surface area (Å²) >= 11 is 0. The van der Waals surface area contributed by atoms with Gasteiger partial charge in [0, 0.05) is 6.42 Å². The molecule has 88 valence electrons. The van der Waals surface area contributed by atoms with Gasteiger partial charge < -0.3 is 9.84 Å². The van der Waals surface area contributed by atoms with Crippen LogP contribution in [0, 0.1) is 0 Å². The van der Waals surface area contributed by atoms with Crippen molar-refractivity contribution in [1.82, 2.24) is 0 Å². The van der Waals surface area contributed by atoms with Crippen molar-refractivity contribution in [2.24, 2.45) is 0 Å². The Labute approximate surface area is 90.6 Å². The summed E-state index contributed by atoms with van der Waals surface area (Å²) in [6.07, 6.45) is 3.00. The first-order valence-corrected chi connectivity index (χ1v) is 5.51. The van der Waals surface area contributed by atoms with E-state index in [0.717, 1.165) is 19.3 Å². The van der Waals surface area contributed by atoms with Crippen molar-refractivity contribution in [2.75, 3.05) is 0 Å². The van der Waals surface area contributed by atoms with Crippen molar-refractivity contribution in [2.45, 2.75) is 58.5 Å². The molecule has 0 amide bonds. The summed E-state index contributed by atoms with van der Waals surface area (Å²) in [6.45, 7) is 3.93. The Bertz CT molecular complexity index is 201. The summed E-state index contributed by atoms with van der Waals surface area (Å²) < 4.78 is 5.08. The predicted octanol–water partition coefficient (Wildman–Crippen LogP) is 2.36. The SMILES string of the molecule is CCCCC(=O)OC(CCC)CC(=O)O. The fourth-order valence-electron chi connectivity index (χ4n) is 1.29. The van der Waals surface area contributed by atoms with Gasteiger partial charge in [-0.15, -0.1) is 0 Å². The topological polar surface area (TPSA) is 63.6 Å². The lowest BCUT2D eigenvalue weighted by Crippen LogP contribution is -2.21. The number of carbonyl (C=O) groups excluding carboxylic acids is 1. The summed E-state index contributed by atoms with van der Waals surface area (Å²) in [5, 5.41) is 8.61. The molecule has 0 spiro atoms. The van der Waals surface area contributed by atoms with Gasteiger partial charge in [-0.1, -0.05) is 26.7 Å². The molecule has 0 bridgehead atoms. The largest absolute Gasteiger partial charge is 0.481 e. The highest BCUT2D eigenvalue weighted by molar-refractivity contribution is 5.71. The molecule has 0 aromatic heterocycles. The molecule has 1 atom stereocenters. The van der Waals surface area contributed by atoms with E-state index < -0.39 is 12.1 Å². The van der Waals surface area contributed by atoms with Crippen molar-refractivity contribution in [1.29, 1.82) is 0 Å². The Kier molecular flexibility index (Phi) is 7.68. The minimum Gasteiger partial charge on any atom is -0.481 e. The maximum absolute atomic E-state index is 11.3. The molecule has 1 N–H and O–H groups in total. The molecule has 0 radical (unpaired) electrons. The molecule has 0 aliphatic rings. The Hall–Kier alpha value is -1.06. The van der Waals surface area contributed by atoms with Gasteiger partial charge in [-0.3, -0.25) is 9.59 Å². The van der Waals surface area contributed by atoms with E-state index in [4.69, 9.17) is 9.84 Å². The number of unbranched alkanes of at least 4 members (excludes halogenated alkanes) is 1. The summed E-state index contributed by atoms with van der Waals surface area (Å²) in [4.78, 5) is 21.7. The number of ether oxygens (including phenoxy) is 1. The van der Waals surface area contributed by atoms with Crippen LogP contribution in [0.15, 0.2) is 0 Å². The molecule has 0 fully saturated rings. The molecule has 0 aromatic rings. The van der Waals surface area contributed by atoms with E-state index in [2.05, 4.69) is 0 Å². The van der Waals surface area contributed by atoms with Crippen LogP contribution in [0.2, 0.25) is 0 Å². The fraction of sp³-hybridized carbons (Fsp3) is 0.818. The zero-order valence-electron chi connectivity index (χ0n) is 9.49. The molecule has 0 saturated carbocycles. The third-order valence-corrected chi connectivity index (χ3v) is 2.05. The van der Waals surface area contributed by atoms with E-state index in [1.807, 2.05) is 13.8 Å². The van der Waals surface area contributed by atoms with Gasteiger partial charge >= 0.3 is 11.9 Å². The average Bonchev–Trinajstić information content (AvgIpc) is 2.14. The summed E-state index contributed by atoms with van der Waals surface area (Å²) in [5.41, 5.74) is 0. The van der Waals surface area contributed by atoms with Crippen LogP contribution in [0.4, 0.5) is 0 Å². The van der Waals surface area contributed by atoms with Gasteiger partial charge in [0.05, 0.1) is 6.42 Å². The van der Waals surface area contributed by atoms with E-state index >= 15 is 0 Å². The second-order valence-electron chi connectivity index (χ2n) is 3.60. The smallest absolute Gasteiger partial charge is 0.307 e. The van der Waals surface area contributed by atoms with Gasteiger partial charge in [0.1, 0.15) is 6.10 Å². The van der Waals surface area contributed by atoms with Crippen LogP contribution < -0.4 is 0 Å². The first kappa shape index (κ1) is 13.9. The number of esters is 1. The second kappa shape index (κ2) is 8.26. The zero-order valence-corrected chi connectivity index (χ0v) is 9.49. The van der Waals surface area contributed by atoms with Gasteiger partial charge in [-0.25, -0.2) is 0 Å². The summed E-state index contributed by atoms with van der Waals surface area (Å²) in [5.74, 6) is -1.20. The number of hydrogen-bond donors (Lipinski definition) is 1. The van der Waals surface area contributed by atoms with E-state index in [1.165, 1.54) is 0 Å². The van der Waals surface area contributed by atoms with E-state index in [1.54, 1.807) is 0 Å². The average molecular weight is 216 g/mol. The zero-order chi connectivity index (χ0) is 11.7. The highest BCUT2D eigenvalue weighted by Crippen LogP contribution is 2.09. The monoisotopic (exact) mass is 216 g/mol. The van der Waals surface area contributed by atoms with Gasteiger partial charge in [-0.05, 0) is 12.8 Å². The van der Waals surface area contributed by atoms with E-state index in [-0.39, 0.29) is 12.4 Å². The quantitative estimate of drug-likeness (QED) is 0.632. The second-order valence-corrected chi connectivity index (χ2v) is 3.60. The van der Waals surface area contributed by atoms with Crippen LogP contribution in [0.25, 0.3) is 0 Å². The number of carbonyl (C=O) groups is 2. The Morgan fingerprint density at radius 1 is 1.27 bits per heavy atom. The normalized spacial score (nSPS) is 12.1. The summed E-state index contributed by atoms with van der Waals surface area (Å²) in [6, 6.07) is 0. The molecule has 0 aliphatic heterocycles. The molecule has 4 nitrogen and oxygen atoms in total. The first-order valence-electron chi connectivity index (χ1n) is 5.51. The molecule has 15 heavy (non-hydrogen) atoms. The molecule has 0 saturated heterocycles. The number of hydrogen-bond acceptors (Lipinski definition) is 3. The minimum absolute atomic E-state index is 0.0916. The predicted molar refractivity (Wildman–Crippen MR) is 56.6 cm³/mol. The molecule has 0 aliphatic carbocycles. The number of carboxylic acid groups (broad SMARTS) is 1. The number of rotatable bonds is 8. The Morgan fingerprint density at radius 3 is 2.40 bits per heavy atom. The van der Waals surface area contributed by atoms with Crippen LogP contribution in [0.5, 0.6) is 0 Å². The fourth-order valence-corrected chi connectivity index (χ4v) is 1.29. The van der Waals surface area contributed by atoms with Crippen molar-refractivity contribution >= 4 is 11.9 Å². The lowest BCUT2D eigenvalue weighted by Gasteiger charge is -2.14. The van der Waals surface area contributed by atoms with Gasteiger partial charge in [-0.2, -0.15) is 0 Å². The summed E-state index contributed by atoms with van der Waals surface area (Å²) in [7, 11) is 0. The Balaban J connectivity index is 3.92.